The number of nitrogens with zero attached hydrogens (tertiary/aromatic N) is 1. The molecule has 10 heteroatoms. The summed E-state index contributed by atoms with van der Waals surface area (Å²) in [5.74, 6) is 0.122. The lowest BCUT2D eigenvalue weighted by atomic mass is 9.93. The quantitative estimate of drug-likeness (QED) is 0.0957. The van der Waals surface area contributed by atoms with Gasteiger partial charge in [0.2, 0.25) is 0 Å². The van der Waals surface area contributed by atoms with Crippen LogP contribution in [0.4, 0.5) is 0 Å². The van der Waals surface area contributed by atoms with Crippen LogP contribution in [0.5, 0.6) is 0 Å². The van der Waals surface area contributed by atoms with E-state index in [1.54, 1.807) is 25.1 Å². The van der Waals surface area contributed by atoms with E-state index in [0.717, 1.165) is 29.5 Å². The summed E-state index contributed by atoms with van der Waals surface area (Å²) in [6.45, 7) is 3.21. The van der Waals surface area contributed by atoms with E-state index in [1.807, 2.05) is 83.8 Å². The van der Waals surface area contributed by atoms with Gasteiger partial charge in [-0.3, -0.25) is 19.6 Å². The summed E-state index contributed by atoms with van der Waals surface area (Å²) in [5.41, 5.74) is 10.4. The van der Waals surface area contributed by atoms with Crippen molar-refractivity contribution in [2.24, 2.45) is 11.7 Å². The van der Waals surface area contributed by atoms with Crippen LogP contribution in [0.3, 0.4) is 0 Å². The number of carbonyl (C=O) groups excluding carboxylic acids is 2. The molecule has 0 saturated carbocycles. The Balaban J connectivity index is 0.000000354. The van der Waals surface area contributed by atoms with Crippen molar-refractivity contribution in [3.8, 4) is 11.1 Å². The molecular formula is C35H37N3O6S. The second-order valence-electron chi connectivity index (χ2n) is 10.9. The Morgan fingerprint density at radius 3 is 1.89 bits per heavy atom. The van der Waals surface area contributed by atoms with E-state index in [-0.39, 0.29) is 28.5 Å². The van der Waals surface area contributed by atoms with Crippen LogP contribution < -0.4 is 5.73 Å². The molecule has 5 rings (SSSR count). The van der Waals surface area contributed by atoms with Crippen LogP contribution in [0.15, 0.2) is 108 Å². The van der Waals surface area contributed by atoms with Crippen LogP contribution in [0.25, 0.3) is 11.1 Å². The number of nitrogen functional groups attached to an aromatic ring is 1. The van der Waals surface area contributed by atoms with Crippen molar-refractivity contribution >= 4 is 27.8 Å². The summed E-state index contributed by atoms with van der Waals surface area (Å²) in [4.78, 5) is 27.0. The van der Waals surface area contributed by atoms with Gasteiger partial charge in [0.25, 0.3) is 16.0 Å². The summed E-state index contributed by atoms with van der Waals surface area (Å²) in [6.07, 6.45) is 1.99. The molecule has 4 aromatic rings. The molecule has 0 spiro atoms. The molecule has 0 bridgehead atoms. The van der Waals surface area contributed by atoms with Gasteiger partial charge in [-0.05, 0) is 66.1 Å². The molecule has 4 N–H and O–H groups in total. The fraction of sp³-hybridized carbons (Fsp3) is 0.229. The third-order valence-corrected chi connectivity index (χ3v) is 8.65. The number of piperidine rings is 1. The minimum absolute atomic E-state index is 0.0172. The molecule has 0 atom stereocenters. The van der Waals surface area contributed by atoms with Crippen molar-refractivity contribution in [3.63, 3.8) is 0 Å². The molecule has 1 fully saturated rings. The first-order valence-corrected chi connectivity index (χ1v) is 16.0. The number of amidine groups is 1. The zero-order valence-electron chi connectivity index (χ0n) is 25.1. The van der Waals surface area contributed by atoms with Crippen molar-refractivity contribution < 1.29 is 27.3 Å². The highest BCUT2D eigenvalue weighted by Gasteiger charge is 2.25. The molecule has 45 heavy (non-hydrogen) atoms. The lowest BCUT2D eigenvalue weighted by Crippen LogP contribution is -2.39. The Morgan fingerprint density at radius 2 is 1.38 bits per heavy atom. The van der Waals surface area contributed by atoms with Gasteiger partial charge in [0.05, 0.1) is 4.90 Å². The van der Waals surface area contributed by atoms with Gasteiger partial charge in [0.1, 0.15) is 12.4 Å². The third kappa shape index (κ3) is 9.59. The number of likely N-dealkylation sites (tertiary alicyclic amines) is 1. The fourth-order valence-corrected chi connectivity index (χ4v) is 5.77. The number of aryl methyl sites for hydroxylation is 1. The zero-order valence-corrected chi connectivity index (χ0v) is 25.9. The highest BCUT2D eigenvalue weighted by Crippen LogP contribution is 2.25. The third-order valence-electron chi connectivity index (χ3n) is 7.63. The number of hydrogen-bond donors (Lipinski definition) is 3. The first kappa shape index (κ1) is 33.1. The summed E-state index contributed by atoms with van der Waals surface area (Å²) in [7, 11) is -4.03. The Bertz CT molecular complexity index is 1720. The normalized spacial score (nSPS) is 13.3. The van der Waals surface area contributed by atoms with Crippen LogP contribution >= 0.6 is 0 Å². The van der Waals surface area contributed by atoms with Gasteiger partial charge in [-0.1, -0.05) is 84.9 Å². The van der Waals surface area contributed by atoms with Gasteiger partial charge >= 0.3 is 5.97 Å². The molecule has 0 unspecified atom stereocenters. The van der Waals surface area contributed by atoms with E-state index in [1.165, 1.54) is 6.07 Å². The average Bonchev–Trinajstić information content (AvgIpc) is 3.04. The molecule has 1 saturated heterocycles. The summed E-state index contributed by atoms with van der Waals surface area (Å²) < 4.78 is 35.3. The number of hydrogen-bond acceptors (Lipinski definition) is 6. The number of rotatable bonds is 8. The zero-order chi connectivity index (χ0) is 32.4. The minimum Gasteiger partial charge on any atom is -0.461 e. The Morgan fingerprint density at radius 1 is 0.844 bits per heavy atom. The largest absolute Gasteiger partial charge is 0.461 e. The van der Waals surface area contributed by atoms with Gasteiger partial charge in [-0.2, -0.15) is 8.42 Å². The Labute approximate surface area is 263 Å². The molecule has 4 aromatic carbocycles. The fourth-order valence-electron chi connectivity index (χ4n) is 5.05. The van der Waals surface area contributed by atoms with Crippen LogP contribution in [0.2, 0.25) is 0 Å². The molecule has 234 valence electrons. The number of benzene rings is 4. The average molecular weight is 628 g/mol. The van der Waals surface area contributed by atoms with Crippen molar-refractivity contribution in [1.82, 2.24) is 4.90 Å². The summed E-state index contributed by atoms with van der Waals surface area (Å²) in [6, 6.07) is 31.0. The standard InChI is InChI=1S/C28H29N3O3.C7H8O3S/c29-27(30)24-10-6-22(7-11-24)23-8-12-25(13-9-23)28(33)31-16-14-20(15-17-31)18-26(32)34-19-21-4-2-1-3-5-21;1-6-4-2-3-5-7(6)11(8,9)10/h1-13,20H,14-19H2,(H3,29,30);2-5H,1H3,(H,8,9,10). The second kappa shape index (κ2) is 15.3. The van der Waals surface area contributed by atoms with Crippen molar-refractivity contribution in [2.45, 2.75) is 37.7 Å². The van der Waals surface area contributed by atoms with Crippen molar-refractivity contribution in [1.29, 1.82) is 5.41 Å². The highest BCUT2D eigenvalue weighted by atomic mass is 32.2. The first-order valence-electron chi connectivity index (χ1n) is 14.6. The number of nitrogens with one attached hydrogen (secondary N) is 1. The molecule has 1 aliphatic heterocycles. The minimum atomic E-state index is -4.03. The van der Waals surface area contributed by atoms with Gasteiger partial charge < -0.3 is 15.4 Å². The monoisotopic (exact) mass is 627 g/mol. The highest BCUT2D eigenvalue weighted by molar-refractivity contribution is 7.85. The predicted octanol–water partition coefficient (Wildman–Crippen LogP) is 5.87. The molecular weight excluding hydrogens is 590 g/mol. The molecule has 1 aliphatic rings. The van der Waals surface area contributed by atoms with Crippen LogP contribution in [-0.2, 0) is 26.3 Å². The van der Waals surface area contributed by atoms with E-state index < -0.39 is 10.1 Å². The number of amides is 1. The molecule has 9 nitrogen and oxygen atoms in total. The number of carbonyl (C=O) groups is 2. The maximum atomic E-state index is 13.0. The van der Waals surface area contributed by atoms with E-state index in [2.05, 4.69) is 0 Å². The van der Waals surface area contributed by atoms with Crippen molar-refractivity contribution in [2.75, 3.05) is 13.1 Å². The van der Waals surface area contributed by atoms with E-state index in [0.29, 0.717) is 42.8 Å². The van der Waals surface area contributed by atoms with E-state index in [4.69, 9.17) is 20.4 Å². The maximum Gasteiger partial charge on any atom is 0.306 e. The molecule has 0 radical (unpaired) electrons. The lowest BCUT2D eigenvalue weighted by molar-refractivity contribution is -0.146. The first-order chi connectivity index (χ1) is 21.5. The Kier molecular flexibility index (Phi) is 11.2. The molecule has 1 amide bonds. The molecule has 0 aromatic heterocycles. The number of ether oxygens (including phenoxy) is 1. The topological polar surface area (TPSA) is 151 Å². The SMILES string of the molecule is Cc1ccccc1S(=O)(=O)O.N=C(N)c1ccc(-c2ccc(C(=O)N3CCC(CC(=O)OCc4ccccc4)CC3)cc2)cc1. The Hall–Kier alpha value is -4.80. The van der Waals surface area contributed by atoms with Gasteiger partial charge in [-0.15, -0.1) is 0 Å². The lowest BCUT2D eigenvalue weighted by Gasteiger charge is -2.31. The predicted molar refractivity (Wildman–Crippen MR) is 173 cm³/mol. The molecule has 1 heterocycles. The second-order valence-corrected chi connectivity index (χ2v) is 12.3. The van der Waals surface area contributed by atoms with Crippen LogP contribution in [0, 0.1) is 18.3 Å². The van der Waals surface area contributed by atoms with E-state index in [9.17, 15) is 18.0 Å². The molecule has 0 aliphatic carbocycles. The summed E-state index contributed by atoms with van der Waals surface area (Å²) in [5, 5.41) is 7.49. The van der Waals surface area contributed by atoms with Crippen LogP contribution in [0.1, 0.15) is 46.3 Å². The van der Waals surface area contributed by atoms with Gasteiger partial charge in [0, 0.05) is 30.6 Å². The van der Waals surface area contributed by atoms with Gasteiger partial charge in [0.15, 0.2) is 0 Å². The van der Waals surface area contributed by atoms with Crippen LogP contribution in [-0.4, -0.2) is 48.7 Å². The number of esters is 1. The van der Waals surface area contributed by atoms with Gasteiger partial charge in [-0.25, -0.2) is 0 Å². The van der Waals surface area contributed by atoms with E-state index >= 15 is 0 Å². The summed E-state index contributed by atoms with van der Waals surface area (Å²) >= 11 is 0. The van der Waals surface area contributed by atoms with Crippen molar-refractivity contribution in [3.05, 3.63) is 125 Å². The maximum absolute atomic E-state index is 13.0. The smallest absolute Gasteiger partial charge is 0.306 e. The number of nitrogens with two attached hydrogens (primary N) is 1.